The second-order valence-corrected chi connectivity index (χ2v) is 8.91. The van der Waals surface area contributed by atoms with Crippen LogP contribution in [0.1, 0.15) is 86.9 Å². The number of hydrogen-bond donors (Lipinski definition) is 0. The Morgan fingerprint density at radius 1 is 0.735 bits per heavy atom. The van der Waals surface area contributed by atoms with Gasteiger partial charge in [-0.15, -0.1) is 0 Å². The number of hydrogen-bond acceptors (Lipinski definition) is 3. The quantitative estimate of drug-likeness (QED) is 0.146. The standard InChI is InChI=1S/C31H38O3/c1-4-6-7-8-9-23-33-24(3)26-13-15-27(16-14-26)28-17-19-29(20-18-28)31(32)34-30-21-11-25(10-5-2)12-22-30/h11-22,24H,4-10,23H2,1-3H3. The molecule has 34 heavy (non-hydrogen) atoms. The van der Waals surface area contributed by atoms with Crippen molar-refractivity contribution >= 4 is 5.97 Å². The molecule has 0 aliphatic heterocycles. The van der Waals surface area contributed by atoms with Gasteiger partial charge in [-0.05, 0) is 66.3 Å². The van der Waals surface area contributed by atoms with E-state index in [4.69, 9.17) is 9.47 Å². The molecule has 0 heterocycles. The molecule has 0 N–H and O–H groups in total. The molecular weight excluding hydrogens is 420 g/mol. The topological polar surface area (TPSA) is 35.5 Å². The number of unbranched alkanes of at least 4 members (excludes halogenated alkanes) is 4. The molecule has 3 heteroatoms. The lowest BCUT2D eigenvalue weighted by Gasteiger charge is -2.14. The summed E-state index contributed by atoms with van der Waals surface area (Å²) >= 11 is 0. The van der Waals surface area contributed by atoms with E-state index < -0.39 is 0 Å². The van der Waals surface area contributed by atoms with E-state index in [1.807, 2.05) is 48.5 Å². The second-order valence-electron chi connectivity index (χ2n) is 8.91. The van der Waals surface area contributed by atoms with Crippen molar-refractivity contribution in [3.8, 4) is 16.9 Å². The van der Waals surface area contributed by atoms with Crippen LogP contribution in [0.4, 0.5) is 0 Å². The third kappa shape index (κ3) is 7.85. The molecule has 0 saturated carbocycles. The van der Waals surface area contributed by atoms with Gasteiger partial charge in [-0.25, -0.2) is 4.79 Å². The maximum Gasteiger partial charge on any atom is 0.343 e. The smallest absolute Gasteiger partial charge is 0.343 e. The fourth-order valence-electron chi connectivity index (χ4n) is 3.99. The van der Waals surface area contributed by atoms with Crippen LogP contribution in [0.3, 0.4) is 0 Å². The molecule has 3 aromatic rings. The van der Waals surface area contributed by atoms with Crippen LogP contribution in [-0.2, 0) is 11.2 Å². The highest BCUT2D eigenvalue weighted by molar-refractivity contribution is 5.91. The summed E-state index contributed by atoms with van der Waals surface area (Å²) in [6.45, 7) is 7.31. The van der Waals surface area contributed by atoms with Gasteiger partial charge < -0.3 is 9.47 Å². The SMILES string of the molecule is CCCCCCCOC(C)c1ccc(-c2ccc(C(=O)Oc3ccc(CCC)cc3)cc2)cc1. The molecule has 0 aliphatic rings. The molecule has 0 spiro atoms. The van der Waals surface area contributed by atoms with Gasteiger partial charge in [0.25, 0.3) is 0 Å². The van der Waals surface area contributed by atoms with Crippen molar-refractivity contribution < 1.29 is 14.3 Å². The number of esters is 1. The van der Waals surface area contributed by atoms with Gasteiger partial charge in [0.05, 0.1) is 11.7 Å². The maximum absolute atomic E-state index is 12.5. The molecule has 3 rings (SSSR count). The van der Waals surface area contributed by atoms with E-state index >= 15 is 0 Å². The predicted molar refractivity (Wildman–Crippen MR) is 140 cm³/mol. The van der Waals surface area contributed by atoms with E-state index in [0.717, 1.165) is 37.0 Å². The molecule has 180 valence electrons. The Morgan fingerprint density at radius 3 is 1.97 bits per heavy atom. The first-order valence-electron chi connectivity index (χ1n) is 12.7. The Hall–Kier alpha value is -2.91. The molecule has 0 bridgehead atoms. The van der Waals surface area contributed by atoms with Crippen LogP contribution in [-0.4, -0.2) is 12.6 Å². The molecule has 1 atom stereocenters. The molecule has 0 amide bonds. The summed E-state index contributed by atoms with van der Waals surface area (Å²) in [5.41, 5.74) is 5.15. The summed E-state index contributed by atoms with van der Waals surface area (Å²) in [4.78, 5) is 12.5. The lowest BCUT2D eigenvalue weighted by Crippen LogP contribution is -2.08. The molecule has 0 aliphatic carbocycles. The van der Waals surface area contributed by atoms with Crippen molar-refractivity contribution in [1.82, 2.24) is 0 Å². The molecule has 3 nitrogen and oxygen atoms in total. The van der Waals surface area contributed by atoms with E-state index in [2.05, 4.69) is 45.0 Å². The Labute approximate surface area is 205 Å². The predicted octanol–water partition coefficient (Wildman–Crippen LogP) is 8.57. The molecule has 0 saturated heterocycles. The minimum absolute atomic E-state index is 0.0911. The number of carbonyl (C=O) groups is 1. The van der Waals surface area contributed by atoms with E-state index in [1.54, 1.807) is 0 Å². The van der Waals surface area contributed by atoms with E-state index in [0.29, 0.717) is 11.3 Å². The van der Waals surface area contributed by atoms with Gasteiger partial charge in [0.1, 0.15) is 5.75 Å². The normalized spacial score (nSPS) is 11.9. The fourth-order valence-corrected chi connectivity index (χ4v) is 3.99. The molecule has 0 aromatic heterocycles. The lowest BCUT2D eigenvalue weighted by molar-refractivity contribution is 0.0627. The Morgan fingerprint density at radius 2 is 1.35 bits per heavy atom. The first-order chi connectivity index (χ1) is 16.6. The molecular formula is C31H38O3. The van der Waals surface area contributed by atoms with Crippen LogP contribution in [0.25, 0.3) is 11.1 Å². The van der Waals surface area contributed by atoms with Gasteiger partial charge in [0, 0.05) is 6.61 Å². The minimum Gasteiger partial charge on any atom is -0.423 e. The fraction of sp³-hybridized carbons (Fsp3) is 0.387. The zero-order valence-electron chi connectivity index (χ0n) is 20.9. The van der Waals surface area contributed by atoms with Crippen molar-refractivity contribution in [2.75, 3.05) is 6.61 Å². The first kappa shape index (κ1) is 25.7. The zero-order chi connectivity index (χ0) is 24.2. The van der Waals surface area contributed by atoms with Crippen molar-refractivity contribution in [2.24, 2.45) is 0 Å². The summed E-state index contributed by atoms with van der Waals surface area (Å²) < 4.78 is 11.5. The third-order valence-corrected chi connectivity index (χ3v) is 6.12. The molecule has 3 aromatic carbocycles. The van der Waals surface area contributed by atoms with E-state index in [-0.39, 0.29) is 12.1 Å². The number of rotatable bonds is 13. The summed E-state index contributed by atoms with van der Waals surface area (Å²) in [5, 5.41) is 0. The van der Waals surface area contributed by atoms with Crippen LogP contribution in [0, 0.1) is 0 Å². The monoisotopic (exact) mass is 458 g/mol. The third-order valence-electron chi connectivity index (χ3n) is 6.12. The van der Waals surface area contributed by atoms with Crippen molar-refractivity contribution in [1.29, 1.82) is 0 Å². The van der Waals surface area contributed by atoms with E-state index in [1.165, 1.54) is 36.8 Å². The van der Waals surface area contributed by atoms with Crippen LogP contribution >= 0.6 is 0 Å². The first-order valence-corrected chi connectivity index (χ1v) is 12.7. The van der Waals surface area contributed by atoms with Gasteiger partial charge in [-0.3, -0.25) is 0 Å². The van der Waals surface area contributed by atoms with Crippen LogP contribution in [0.5, 0.6) is 5.75 Å². The summed E-state index contributed by atoms with van der Waals surface area (Å²) in [5.74, 6) is 0.229. The van der Waals surface area contributed by atoms with Crippen LogP contribution < -0.4 is 4.74 Å². The summed E-state index contributed by atoms with van der Waals surface area (Å²) in [6.07, 6.45) is 8.47. The Kier molecular flexibility index (Phi) is 10.4. The van der Waals surface area contributed by atoms with Crippen molar-refractivity contribution in [3.05, 3.63) is 89.5 Å². The summed E-state index contributed by atoms with van der Waals surface area (Å²) in [7, 11) is 0. The van der Waals surface area contributed by atoms with Crippen LogP contribution in [0.15, 0.2) is 72.8 Å². The number of ether oxygens (including phenoxy) is 2. The molecule has 1 unspecified atom stereocenters. The number of aryl methyl sites for hydroxylation is 1. The van der Waals surface area contributed by atoms with Gasteiger partial charge in [0.15, 0.2) is 0 Å². The van der Waals surface area contributed by atoms with E-state index in [9.17, 15) is 4.79 Å². The lowest BCUT2D eigenvalue weighted by atomic mass is 10.0. The van der Waals surface area contributed by atoms with Gasteiger partial charge in [-0.2, -0.15) is 0 Å². The Balaban J connectivity index is 1.52. The highest BCUT2D eigenvalue weighted by Gasteiger charge is 2.10. The highest BCUT2D eigenvalue weighted by atomic mass is 16.5. The highest BCUT2D eigenvalue weighted by Crippen LogP contribution is 2.25. The number of benzene rings is 3. The average Bonchev–Trinajstić information content (AvgIpc) is 2.87. The largest absolute Gasteiger partial charge is 0.423 e. The molecule has 0 fully saturated rings. The Bertz CT molecular complexity index is 988. The second kappa shape index (κ2) is 13.7. The van der Waals surface area contributed by atoms with Gasteiger partial charge >= 0.3 is 5.97 Å². The number of carbonyl (C=O) groups excluding carboxylic acids is 1. The van der Waals surface area contributed by atoms with Crippen LogP contribution in [0.2, 0.25) is 0 Å². The maximum atomic E-state index is 12.5. The van der Waals surface area contributed by atoms with Crippen molar-refractivity contribution in [3.63, 3.8) is 0 Å². The van der Waals surface area contributed by atoms with Gasteiger partial charge in [-0.1, -0.05) is 94.5 Å². The molecule has 0 radical (unpaired) electrons. The zero-order valence-corrected chi connectivity index (χ0v) is 20.9. The summed E-state index contributed by atoms with van der Waals surface area (Å²) in [6, 6.07) is 23.8. The minimum atomic E-state index is -0.342. The van der Waals surface area contributed by atoms with Gasteiger partial charge in [0.2, 0.25) is 0 Å². The average molecular weight is 459 g/mol. The van der Waals surface area contributed by atoms with Crippen molar-refractivity contribution in [2.45, 2.75) is 71.8 Å².